The SMILES string of the molecule is CCSc1ccc(S(C)(=O)=O)cc1C(=O)N1Cc2cc(C)c(Cl)cc2C1. The second-order valence-corrected chi connectivity index (χ2v) is 10.1. The molecule has 0 fully saturated rings. The van der Waals surface area contributed by atoms with Crippen molar-refractivity contribution in [1.82, 2.24) is 4.90 Å². The van der Waals surface area contributed by atoms with Gasteiger partial charge in [0.2, 0.25) is 0 Å². The summed E-state index contributed by atoms with van der Waals surface area (Å²) in [6.45, 7) is 4.93. The number of hydrogen-bond acceptors (Lipinski definition) is 4. The molecule has 0 N–H and O–H groups in total. The Bertz CT molecular complexity index is 956. The molecule has 26 heavy (non-hydrogen) atoms. The molecular weight excluding hydrogens is 390 g/mol. The first-order valence-electron chi connectivity index (χ1n) is 8.24. The lowest BCUT2D eigenvalue weighted by molar-refractivity contribution is 0.0747. The first-order chi connectivity index (χ1) is 12.2. The molecule has 1 aliphatic heterocycles. The molecule has 1 amide bonds. The summed E-state index contributed by atoms with van der Waals surface area (Å²) in [5, 5.41) is 0.694. The summed E-state index contributed by atoms with van der Waals surface area (Å²) in [4.78, 5) is 15.8. The number of fused-ring (bicyclic) bond motifs is 1. The maximum atomic E-state index is 13.1. The summed E-state index contributed by atoms with van der Waals surface area (Å²) in [5.74, 6) is 0.643. The van der Waals surface area contributed by atoms with Crippen molar-refractivity contribution >= 4 is 39.1 Å². The van der Waals surface area contributed by atoms with E-state index in [0.29, 0.717) is 23.7 Å². The van der Waals surface area contributed by atoms with E-state index in [4.69, 9.17) is 11.6 Å². The van der Waals surface area contributed by atoms with E-state index in [1.807, 2.05) is 26.0 Å². The van der Waals surface area contributed by atoms with E-state index in [1.54, 1.807) is 17.0 Å². The topological polar surface area (TPSA) is 54.5 Å². The molecular formula is C19H20ClNO3S2. The summed E-state index contributed by atoms with van der Waals surface area (Å²) in [5.41, 5.74) is 3.55. The number of amides is 1. The molecule has 0 atom stereocenters. The van der Waals surface area contributed by atoms with Crippen molar-refractivity contribution in [3.63, 3.8) is 0 Å². The first kappa shape index (κ1) is 19.3. The van der Waals surface area contributed by atoms with Gasteiger partial charge in [0.15, 0.2) is 9.84 Å². The van der Waals surface area contributed by atoms with Gasteiger partial charge in [0.05, 0.1) is 10.5 Å². The van der Waals surface area contributed by atoms with Crippen molar-refractivity contribution in [2.45, 2.75) is 36.7 Å². The van der Waals surface area contributed by atoms with Gasteiger partial charge in [-0.2, -0.15) is 0 Å². The van der Waals surface area contributed by atoms with Gasteiger partial charge < -0.3 is 4.90 Å². The predicted octanol–water partition coefficient (Wildman–Crippen LogP) is 4.32. The van der Waals surface area contributed by atoms with E-state index in [2.05, 4.69) is 0 Å². The van der Waals surface area contributed by atoms with Gasteiger partial charge in [0.1, 0.15) is 0 Å². The molecule has 0 bridgehead atoms. The Kier molecular flexibility index (Phi) is 5.37. The molecule has 0 spiro atoms. The number of halogens is 1. The van der Waals surface area contributed by atoms with Crippen LogP contribution in [0.5, 0.6) is 0 Å². The highest BCUT2D eigenvalue weighted by Crippen LogP contribution is 2.32. The normalized spacial score (nSPS) is 13.8. The molecule has 1 aliphatic rings. The zero-order valence-electron chi connectivity index (χ0n) is 14.9. The highest BCUT2D eigenvalue weighted by atomic mass is 35.5. The van der Waals surface area contributed by atoms with Gasteiger partial charge in [-0.25, -0.2) is 8.42 Å². The second-order valence-electron chi connectivity index (χ2n) is 6.39. The molecule has 0 radical (unpaired) electrons. The highest BCUT2D eigenvalue weighted by Gasteiger charge is 2.27. The fourth-order valence-electron chi connectivity index (χ4n) is 3.05. The largest absolute Gasteiger partial charge is 0.330 e. The summed E-state index contributed by atoms with van der Waals surface area (Å²) in [7, 11) is -3.38. The Hall–Kier alpha value is -1.50. The van der Waals surface area contributed by atoms with Crippen molar-refractivity contribution in [2.75, 3.05) is 12.0 Å². The smallest absolute Gasteiger partial charge is 0.255 e. The Morgan fingerprint density at radius 3 is 2.46 bits per heavy atom. The van der Waals surface area contributed by atoms with E-state index in [-0.39, 0.29) is 10.8 Å². The fraction of sp³-hybridized carbons (Fsp3) is 0.316. The van der Waals surface area contributed by atoms with Crippen LogP contribution >= 0.6 is 23.4 Å². The number of aryl methyl sites for hydroxylation is 1. The molecule has 3 rings (SSSR count). The van der Waals surface area contributed by atoms with E-state index >= 15 is 0 Å². The molecule has 0 saturated carbocycles. The van der Waals surface area contributed by atoms with E-state index in [1.165, 1.54) is 17.8 Å². The number of hydrogen-bond donors (Lipinski definition) is 0. The zero-order chi connectivity index (χ0) is 19.1. The number of benzene rings is 2. The minimum absolute atomic E-state index is 0.156. The fourth-order valence-corrected chi connectivity index (χ4v) is 4.66. The molecule has 0 aromatic heterocycles. The van der Waals surface area contributed by atoms with Gasteiger partial charge in [-0.05, 0) is 53.6 Å². The third-order valence-corrected chi connectivity index (χ3v) is 6.87. The standard InChI is InChI=1S/C19H20ClNO3S2/c1-4-25-18-6-5-15(26(3,23)24)9-16(18)19(22)21-10-13-7-12(2)17(20)8-14(13)11-21/h5-9H,4,10-11H2,1-3H3. The molecule has 1 heterocycles. The average molecular weight is 410 g/mol. The molecule has 7 heteroatoms. The maximum Gasteiger partial charge on any atom is 0.255 e. The molecule has 4 nitrogen and oxygen atoms in total. The van der Waals surface area contributed by atoms with Crippen LogP contribution in [0.3, 0.4) is 0 Å². The van der Waals surface area contributed by atoms with Gasteiger partial charge in [0, 0.05) is 29.3 Å². The van der Waals surface area contributed by atoms with Gasteiger partial charge >= 0.3 is 0 Å². The summed E-state index contributed by atoms with van der Waals surface area (Å²) in [6.07, 6.45) is 1.15. The van der Waals surface area contributed by atoms with Crippen LogP contribution in [-0.2, 0) is 22.9 Å². The van der Waals surface area contributed by atoms with Crippen LogP contribution in [-0.4, -0.2) is 31.2 Å². The van der Waals surface area contributed by atoms with Crippen LogP contribution in [0.4, 0.5) is 0 Å². The van der Waals surface area contributed by atoms with E-state index in [9.17, 15) is 13.2 Å². The molecule has 0 saturated heterocycles. The average Bonchev–Trinajstić information content (AvgIpc) is 2.97. The van der Waals surface area contributed by atoms with Crippen molar-refractivity contribution in [3.05, 3.63) is 57.6 Å². The van der Waals surface area contributed by atoms with Gasteiger partial charge in [-0.1, -0.05) is 24.6 Å². The first-order valence-corrected chi connectivity index (χ1v) is 11.5. The number of nitrogens with zero attached hydrogens (tertiary/aromatic N) is 1. The lowest BCUT2D eigenvalue weighted by Crippen LogP contribution is -2.26. The number of carbonyl (C=O) groups is 1. The van der Waals surface area contributed by atoms with Gasteiger partial charge in [0.25, 0.3) is 5.91 Å². The highest BCUT2D eigenvalue weighted by molar-refractivity contribution is 7.99. The second kappa shape index (κ2) is 7.25. The Morgan fingerprint density at radius 2 is 1.85 bits per heavy atom. The molecule has 0 aliphatic carbocycles. The lowest BCUT2D eigenvalue weighted by atomic mass is 10.1. The van der Waals surface area contributed by atoms with Crippen molar-refractivity contribution in [2.24, 2.45) is 0 Å². The Labute approximate surface area is 163 Å². The third-order valence-electron chi connectivity index (χ3n) is 4.40. The molecule has 0 unspecified atom stereocenters. The predicted molar refractivity (Wildman–Crippen MR) is 106 cm³/mol. The van der Waals surface area contributed by atoms with Crippen LogP contribution in [0.25, 0.3) is 0 Å². The lowest BCUT2D eigenvalue weighted by Gasteiger charge is -2.18. The summed E-state index contributed by atoms with van der Waals surface area (Å²) >= 11 is 7.73. The number of rotatable bonds is 4. The van der Waals surface area contributed by atoms with Crippen LogP contribution < -0.4 is 0 Å². The number of carbonyl (C=O) groups excluding carboxylic acids is 1. The molecule has 138 valence electrons. The molecule has 2 aromatic rings. The number of thioether (sulfide) groups is 1. The van der Waals surface area contributed by atoms with Crippen molar-refractivity contribution < 1.29 is 13.2 Å². The van der Waals surface area contributed by atoms with Gasteiger partial charge in [-0.3, -0.25) is 4.79 Å². The van der Waals surface area contributed by atoms with Crippen LogP contribution in [0, 0.1) is 6.92 Å². The van der Waals surface area contributed by atoms with E-state index < -0.39 is 9.84 Å². The Morgan fingerprint density at radius 1 is 1.19 bits per heavy atom. The zero-order valence-corrected chi connectivity index (χ0v) is 17.3. The Balaban J connectivity index is 1.97. The summed E-state index contributed by atoms with van der Waals surface area (Å²) in [6, 6.07) is 8.71. The maximum absolute atomic E-state index is 13.1. The quantitative estimate of drug-likeness (QED) is 0.705. The third kappa shape index (κ3) is 3.77. The van der Waals surface area contributed by atoms with Crippen LogP contribution in [0.15, 0.2) is 40.1 Å². The van der Waals surface area contributed by atoms with E-state index in [0.717, 1.165) is 33.6 Å². The minimum Gasteiger partial charge on any atom is -0.330 e. The van der Waals surface area contributed by atoms with Crippen molar-refractivity contribution in [3.8, 4) is 0 Å². The molecule has 2 aromatic carbocycles. The van der Waals surface area contributed by atoms with Crippen LogP contribution in [0.2, 0.25) is 5.02 Å². The van der Waals surface area contributed by atoms with Gasteiger partial charge in [-0.15, -0.1) is 11.8 Å². The monoisotopic (exact) mass is 409 g/mol. The van der Waals surface area contributed by atoms with Crippen LogP contribution in [0.1, 0.15) is 34.0 Å². The van der Waals surface area contributed by atoms with Crippen molar-refractivity contribution in [1.29, 1.82) is 0 Å². The minimum atomic E-state index is -3.38. The number of sulfone groups is 1. The summed E-state index contributed by atoms with van der Waals surface area (Å²) < 4.78 is 23.8.